The van der Waals surface area contributed by atoms with Gasteiger partial charge in [-0.2, -0.15) is 0 Å². The summed E-state index contributed by atoms with van der Waals surface area (Å²) in [5.74, 6) is 4.05. The van der Waals surface area contributed by atoms with Crippen LogP contribution in [-0.4, -0.2) is 28.1 Å². The normalized spacial score (nSPS) is 40.4. The zero-order chi connectivity index (χ0) is 25.1. The van der Waals surface area contributed by atoms with Gasteiger partial charge >= 0.3 is 0 Å². The minimum Gasteiger partial charge on any atom is -0.393 e. The van der Waals surface area contributed by atoms with Crippen molar-refractivity contribution in [3.05, 3.63) is 36.2 Å². The van der Waals surface area contributed by atoms with E-state index in [-0.39, 0.29) is 6.10 Å². The molecule has 0 aromatic carbocycles. The summed E-state index contributed by atoms with van der Waals surface area (Å²) in [6.07, 6.45) is 19.6. The van der Waals surface area contributed by atoms with Gasteiger partial charge < -0.3 is 10.0 Å². The molecule has 1 N–H and O–H groups in total. The van der Waals surface area contributed by atoms with Gasteiger partial charge in [0.1, 0.15) is 0 Å². The van der Waals surface area contributed by atoms with E-state index >= 15 is 0 Å². The van der Waals surface area contributed by atoms with Crippen LogP contribution in [0.25, 0.3) is 0 Å². The Kier molecular flexibility index (Phi) is 6.34. The molecule has 0 spiro atoms. The molecule has 4 fully saturated rings. The first-order valence-corrected chi connectivity index (χ1v) is 14.9. The van der Waals surface area contributed by atoms with E-state index in [1.54, 1.807) is 18.0 Å². The van der Waals surface area contributed by atoms with Crippen LogP contribution in [0.15, 0.2) is 36.2 Å². The molecular weight excluding hydrogens is 444 g/mol. The van der Waals surface area contributed by atoms with Crippen LogP contribution in [0.5, 0.6) is 0 Å². The molecule has 0 bridgehead atoms. The molecule has 0 saturated heterocycles. The first-order chi connectivity index (χ1) is 17.3. The van der Waals surface area contributed by atoms with Crippen molar-refractivity contribution in [2.24, 2.45) is 40.4 Å². The largest absolute Gasteiger partial charge is 0.393 e. The van der Waals surface area contributed by atoms with Gasteiger partial charge in [0.25, 0.3) is 0 Å². The fourth-order valence-electron chi connectivity index (χ4n) is 9.69. The average molecular weight is 491 g/mol. The fourth-order valence-corrected chi connectivity index (χ4v) is 9.69. The molecule has 1 aromatic rings. The predicted octanol–water partition coefficient (Wildman–Crippen LogP) is 6.93. The lowest BCUT2D eigenvalue weighted by Gasteiger charge is -2.58. The number of fused-ring (bicyclic) bond motifs is 5. The molecule has 36 heavy (non-hydrogen) atoms. The molecule has 4 saturated carbocycles. The van der Waals surface area contributed by atoms with Crippen LogP contribution in [0.3, 0.4) is 0 Å². The molecule has 1 amide bonds. The van der Waals surface area contributed by atoms with Crippen molar-refractivity contribution in [1.29, 1.82) is 0 Å². The summed E-state index contributed by atoms with van der Waals surface area (Å²) in [6, 6.07) is 4.36. The second kappa shape index (κ2) is 9.26. The standard InChI is InChI=1S/C32H46N2O2/c1-21(4-11-30(36)34(23-6-7-23)24-14-18-33-19-15-24)27-9-10-28-26-8-5-22-20-25(35)12-16-31(22,2)29(26)13-17-32(27,28)3/h5,14-15,18-19,21,23,25-29,35H,4,6-13,16-17,20H2,1-3H3/t21?,25-,26-,27+,28-,29-,31-,32+/m0/s1. The van der Waals surface area contributed by atoms with Crippen LogP contribution in [0.4, 0.5) is 5.69 Å². The highest BCUT2D eigenvalue weighted by atomic mass is 16.3. The van der Waals surface area contributed by atoms with Crippen molar-refractivity contribution in [2.45, 2.75) is 110 Å². The quantitative estimate of drug-likeness (QED) is 0.440. The van der Waals surface area contributed by atoms with Crippen molar-refractivity contribution in [1.82, 2.24) is 4.98 Å². The third-order valence-corrected chi connectivity index (χ3v) is 11.8. The Morgan fingerprint density at radius 3 is 2.61 bits per heavy atom. The maximum absolute atomic E-state index is 13.4. The van der Waals surface area contributed by atoms with Gasteiger partial charge in [0, 0.05) is 30.5 Å². The summed E-state index contributed by atoms with van der Waals surface area (Å²) < 4.78 is 0. The van der Waals surface area contributed by atoms with E-state index in [0.717, 1.165) is 61.5 Å². The number of aliphatic hydroxyl groups excluding tert-OH is 1. The lowest BCUT2D eigenvalue weighted by molar-refractivity contribution is -0.119. The third kappa shape index (κ3) is 4.06. The SMILES string of the molecule is CC(CCC(=O)N(c1ccncc1)C1CC1)[C@H]1CC[C@H]2[C@@H]3CC=C4C[C@@H](O)CC[C@]4(C)[C@H]3CC[C@]12C. The van der Waals surface area contributed by atoms with Crippen molar-refractivity contribution in [3.8, 4) is 0 Å². The van der Waals surface area contributed by atoms with E-state index in [0.29, 0.717) is 35.1 Å². The minimum atomic E-state index is -0.122. The Hall–Kier alpha value is -1.68. The molecule has 6 rings (SSSR count). The Morgan fingerprint density at radius 2 is 1.86 bits per heavy atom. The summed E-state index contributed by atoms with van der Waals surface area (Å²) >= 11 is 0. The van der Waals surface area contributed by atoms with Gasteiger partial charge in [-0.05, 0) is 123 Å². The van der Waals surface area contributed by atoms with E-state index < -0.39 is 0 Å². The van der Waals surface area contributed by atoms with Gasteiger partial charge in [-0.15, -0.1) is 0 Å². The van der Waals surface area contributed by atoms with Gasteiger partial charge in [0.15, 0.2) is 0 Å². The number of nitrogens with zero attached hydrogens (tertiary/aromatic N) is 2. The second-order valence-electron chi connectivity index (χ2n) is 13.6. The maximum Gasteiger partial charge on any atom is 0.227 e. The summed E-state index contributed by atoms with van der Waals surface area (Å²) in [6.45, 7) is 7.58. The number of pyridine rings is 1. The van der Waals surface area contributed by atoms with Crippen molar-refractivity contribution in [3.63, 3.8) is 0 Å². The van der Waals surface area contributed by atoms with Crippen LogP contribution >= 0.6 is 0 Å². The van der Waals surface area contributed by atoms with Crippen LogP contribution in [0, 0.1) is 40.4 Å². The van der Waals surface area contributed by atoms with Gasteiger partial charge in [-0.3, -0.25) is 9.78 Å². The predicted molar refractivity (Wildman–Crippen MR) is 144 cm³/mol. The highest BCUT2D eigenvalue weighted by Gasteiger charge is 2.59. The van der Waals surface area contributed by atoms with Crippen molar-refractivity contribution >= 4 is 11.6 Å². The number of allylic oxidation sites excluding steroid dienone is 1. The first kappa shape index (κ1) is 24.6. The Bertz CT molecular complexity index is 1000. The van der Waals surface area contributed by atoms with Crippen LogP contribution in [-0.2, 0) is 4.79 Å². The second-order valence-corrected chi connectivity index (χ2v) is 13.6. The number of carbonyl (C=O) groups excluding carboxylic acids is 1. The molecule has 196 valence electrons. The van der Waals surface area contributed by atoms with E-state index in [9.17, 15) is 9.90 Å². The molecule has 4 nitrogen and oxygen atoms in total. The summed E-state index contributed by atoms with van der Waals surface area (Å²) in [4.78, 5) is 19.6. The third-order valence-electron chi connectivity index (χ3n) is 11.8. The molecule has 0 aliphatic heterocycles. The Morgan fingerprint density at radius 1 is 1.08 bits per heavy atom. The summed E-state index contributed by atoms with van der Waals surface area (Å²) in [7, 11) is 0. The Balaban J connectivity index is 1.13. The monoisotopic (exact) mass is 490 g/mol. The first-order valence-electron chi connectivity index (χ1n) is 14.9. The average Bonchev–Trinajstić information content (AvgIpc) is 3.63. The topological polar surface area (TPSA) is 53.4 Å². The molecule has 5 aliphatic carbocycles. The van der Waals surface area contributed by atoms with Gasteiger partial charge in [0.05, 0.1) is 6.10 Å². The Labute approximate surface area is 218 Å². The highest BCUT2D eigenvalue weighted by Crippen LogP contribution is 2.67. The molecule has 1 aromatic heterocycles. The van der Waals surface area contributed by atoms with Crippen LogP contribution in [0.2, 0.25) is 0 Å². The number of aliphatic hydroxyl groups is 1. The zero-order valence-electron chi connectivity index (χ0n) is 22.7. The number of hydrogen-bond donors (Lipinski definition) is 1. The highest BCUT2D eigenvalue weighted by molar-refractivity contribution is 5.94. The number of amides is 1. The molecule has 1 heterocycles. The summed E-state index contributed by atoms with van der Waals surface area (Å²) in [5, 5.41) is 10.3. The van der Waals surface area contributed by atoms with E-state index in [2.05, 4.69) is 36.7 Å². The number of anilines is 1. The number of aromatic nitrogens is 1. The zero-order valence-corrected chi connectivity index (χ0v) is 22.7. The van der Waals surface area contributed by atoms with Crippen molar-refractivity contribution in [2.75, 3.05) is 4.90 Å². The van der Waals surface area contributed by atoms with E-state index in [4.69, 9.17) is 0 Å². The number of rotatable bonds is 6. The smallest absolute Gasteiger partial charge is 0.227 e. The number of carbonyl (C=O) groups is 1. The lowest BCUT2D eigenvalue weighted by Crippen LogP contribution is -2.50. The molecule has 5 aliphatic rings. The van der Waals surface area contributed by atoms with Gasteiger partial charge in [-0.1, -0.05) is 32.4 Å². The molecule has 1 unspecified atom stereocenters. The summed E-state index contributed by atoms with van der Waals surface area (Å²) in [5.41, 5.74) is 3.33. The maximum atomic E-state index is 13.4. The molecule has 4 heteroatoms. The molecular formula is C32H46N2O2. The molecule has 8 atom stereocenters. The van der Waals surface area contributed by atoms with Crippen molar-refractivity contribution < 1.29 is 9.90 Å². The van der Waals surface area contributed by atoms with Gasteiger partial charge in [-0.25, -0.2) is 0 Å². The van der Waals surface area contributed by atoms with Gasteiger partial charge in [0.2, 0.25) is 5.91 Å². The van der Waals surface area contributed by atoms with Crippen LogP contribution in [0.1, 0.15) is 97.8 Å². The van der Waals surface area contributed by atoms with Crippen LogP contribution < -0.4 is 4.90 Å². The van der Waals surface area contributed by atoms with E-state index in [1.807, 2.05) is 12.1 Å². The molecule has 0 radical (unpaired) electrons. The number of hydrogen-bond acceptors (Lipinski definition) is 3. The fraction of sp³-hybridized carbons (Fsp3) is 0.750. The minimum absolute atomic E-state index is 0.122. The van der Waals surface area contributed by atoms with E-state index in [1.165, 1.54) is 38.5 Å². The lowest BCUT2D eigenvalue weighted by atomic mass is 9.47.